The molecule has 0 amide bonds. The fourth-order valence-electron chi connectivity index (χ4n) is 5.40. The van der Waals surface area contributed by atoms with Crippen LogP contribution in [0.5, 0.6) is 5.75 Å². The minimum absolute atomic E-state index is 0. The third-order valence-corrected chi connectivity index (χ3v) is 8.60. The minimum atomic E-state index is -2.97. The van der Waals surface area contributed by atoms with Gasteiger partial charge in [-0.2, -0.15) is 0 Å². The van der Waals surface area contributed by atoms with Crippen molar-refractivity contribution in [2.75, 3.05) is 18.6 Å². The van der Waals surface area contributed by atoms with Gasteiger partial charge >= 0.3 is 29.6 Å². The van der Waals surface area contributed by atoms with E-state index in [1.807, 2.05) is 6.07 Å². The summed E-state index contributed by atoms with van der Waals surface area (Å²) in [4.78, 5) is 11.0. The van der Waals surface area contributed by atoms with Gasteiger partial charge in [0.2, 0.25) is 0 Å². The van der Waals surface area contributed by atoms with Crippen molar-refractivity contribution < 1.29 is 52.6 Å². The summed E-state index contributed by atoms with van der Waals surface area (Å²) < 4.78 is 28.5. The molecule has 0 aliphatic heterocycles. The van der Waals surface area contributed by atoms with Gasteiger partial charge in [-0.05, 0) is 102 Å². The standard InChI is InChI=1S/C31H34O5S.Na/c1-37(34,35)17-3-16-36-26-14-15-27-25(19-26)5-2-4-23-13-10-22(18-28(23)27)7-6-21-8-11-24(12-9-21)29-20-30(29)31(32)33;/h8-15,18-19,29-30H,2-7,16-17,20H2,1H3,(H,32,33);/q;+1/p-1/t29-,30+;/m1./s1. The number of benzene rings is 3. The second kappa shape index (κ2) is 12.4. The van der Waals surface area contributed by atoms with E-state index in [-0.39, 0.29) is 47.1 Å². The molecule has 194 valence electrons. The third-order valence-electron chi connectivity index (χ3n) is 7.56. The summed E-state index contributed by atoms with van der Waals surface area (Å²) in [5.41, 5.74) is 8.86. The maximum atomic E-state index is 11.3. The molecule has 2 aliphatic rings. The Bertz CT molecular complexity index is 1400. The van der Waals surface area contributed by atoms with Crippen molar-refractivity contribution in [2.45, 2.75) is 50.9 Å². The second-order valence-corrected chi connectivity index (χ2v) is 12.8. The Hall–Kier alpha value is -2.12. The van der Waals surface area contributed by atoms with E-state index in [1.165, 1.54) is 39.6 Å². The van der Waals surface area contributed by atoms with Gasteiger partial charge in [-0.3, -0.25) is 0 Å². The van der Waals surface area contributed by atoms with Gasteiger partial charge in [-0.1, -0.05) is 48.5 Å². The normalized spacial score (nSPS) is 17.9. The monoisotopic (exact) mass is 540 g/mol. The molecule has 2 aliphatic carbocycles. The van der Waals surface area contributed by atoms with Crippen LogP contribution >= 0.6 is 0 Å². The van der Waals surface area contributed by atoms with E-state index in [1.54, 1.807) is 0 Å². The quantitative estimate of drug-likeness (QED) is 0.286. The predicted octanol–water partition coefficient (Wildman–Crippen LogP) is 1.30. The smallest absolute Gasteiger partial charge is 0.550 e. The molecule has 0 unspecified atom stereocenters. The van der Waals surface area contributed by atoms with Crippen LogP contribution in [0.2, 0.25) is 0 Å². The Balaban J connectivity index is 0.00000336. The fraction of sp³-hybridized carbons (Fsp3) is 0.387. The average molecular weight is 541 g/mol. The first-order chi connectivity index (χ1) is 17.8. The molecule has 2 atom stereocenters. The van der Waals surface area contributed by atoms with Gasteiger partial charge in [0.15, 0.2) is 0 Å². The van der Waals surface area contributed by atoms with Crippen molar-refractivity contribution in [3.63, 3.8) is 0 Å². The van der Waals surface area contributed by atoms with Gasteiger partial charge in [-0.25, -0.2) is 8.42 Å². The number of aliphatic carboxylic acids is 1. The Morgan fingerprint density at radius 2 is 1.63 bits per heavy atom. The van der Waals surface area contributed by atoms with Crippen molar-refractivity contribution >= 4 is 15.8 Å². The number of aryl methyl sites for hydroxylation is 4. The van der Waals surface area contributed by atoms with Gasteiger partial charge in [0.25, 0.3) is 0 Å². The van der Waals surface area contributed by atoms with Crippen molar-refractivity contribution in [1.82, 2.24) is 0 Å². The van der Waals surface area contributed by atoms with Crippen LogP contribution in [0.4, 0.5) is 0 Å². The van der Waals surface area contributed by atoms with E-state index in [9.17, 15) is 18.3 Å². The Kier molecular flexibility index (Phi) is 9.40. The van der Waals surface area contributed by atoms with Gasteiger partial charge in [0.05, 0.1) is 12.4 Å². The molecule has 5 nitrogen and oxygen atoms in total. The van der Waals surface area contributed by atoms with Crippen molar-refractivity contribution in [2.24, 2.45) is 5.92 Å². The summed E-state index contributed by atoms with van der Waals surface area (Å²) in [5.74, 6) is -0.209. The first kappa shape index (κ1) is 28.9. The Labute approximate surface area is 247 Å². The van der Waals surface area contributed by atoms with Crippen LogP contribution in [0.25, 0.3) is 11.1 Å². The van der Waals surface area contributed by atoms with E-state index in [4.69, 9.17) is 4.74 Å². The topological polar surface area (TPSA) is 83.5 Å². The number of carboxylic acid groups (broad SMARTS) is 1. The molecule has 0 bridgehead atoms. The molecule has 0 aromatic heterocycles. The number of fused-ring (bicyclic) bond motifs is 3. The van der Waals surface area contributed by atoms with E-state index >= 15 is 0 Å². The summed E-state index contributed by atoms with van der Waals surface area (Å²) in [5, 5.41) is 11.0. The molecule has 7 heteroatoms. The average Bonchev–Trinajstić information content (AvgIpc) is 3.69. The van der Waals surface area contributed by atoms with Crippen LogP contribution in [0, 0.1) is 5.92 Å². The largest absolute Gasteiger partial charge is 1.00 e. The maximum Gasteiger partial charge on any atom is 1.00 e. The molecule has 0 saturated heterocycles. The molecule has 0 radical (unpaired) electrons. The van der Waals surface area contributed by atoms with Gasteiger partial charge in [-0.15, -0.1) is 0 Å². The first-order valence-electron chi connectivity index (χ1n) is 13.1. The van der Waals surface area contributed by atoms with Crippen molar-refractivity contribution in [1.29, 1.82) is 0 Å². The molecule has 38 heavy (non-hydrogen) atoms. The molecular formula is C31H33NaO5S. The zero-order chi connectivity index (χ0) is 26.0. The maximum absolute atomic E-state index is 11.3. The fourth-order valence-corrected chi connectivity index (χ4v) is 6.04. The Morgan fingerprint density at radius 3 is 2.34 bits per heavy atom. The number of hydrogen-bond donors (Lipinski definition) is 0. The SMILES string of the molecule is CS(=O)(=O)CCCOc1ccc2c(c1)CCCc1ccc(CCc3ccc([C@H]4C[C@@H]4C(=O)[O-])cc3)cc1-2.[Na+]. The minimum Gasteiger partial charge on any atom is -0.550 e. The summed E-state index contributed by atoms with van der Waals surface area (Å²) in [7, 11) is -2.97. The number of carboxylic acids is 1. The first-order valence-corrected chi connectivity index (χ1v) is 15.2. The third kappa shape index (κ3) is 7.29. The Morgan fingerprint density at radius 1 is 0.921 bits per heavy atom. The zero-order valence-electron chi connectivity index (χ0n) is 22.2. The molecule has 5 rings (SSSR count). The summed E-state index contributed by atoms with van der Waals surface area (Å²) in [6.45, 7) is 0.394. The number of rotatable bonds is 10. The van der Waals surface area contributed by atoms with E-state index < -0.39 is 15.8 Å². The summed E-state index contributed by atoms with van der Waals surface area (Å²) in [6, 6.07) is 21.5. The van der Waals surface area contributed by atoms with Crippen LogP contribution in [-0.2, 0) is 40.3 Å². The molecular weight excluding hydrogens is 507 g/mol. The number of carbonyl (C=O) groups excluding carboxylic acids is 1. The molecule has 0 N–H and O–H groups in total. The molecule has 0 spiro atoms. The van der Waals surface area contributed by atoms with Crippen LogP contribution in [0.3, 0.4) is 0 Å². The van der Waals surface area contributed by atoms with E-state index in [0.29, 0.717) is 19.4 Å². The van der Waals surface area contributed by atoms with Gasteiger partial charge < -0.3 is 14.6 Å². The van der Waals surface area contributed by atoms with Crippen LogP contribution in [-0.4, -0.2) is 33.0 Å². The zero-order valence-corrected chi connectivity index (χ0v) is 25.1. The van der Waals surface area contributed by atoms with Crippen molar-refractivity contribution in [3.05, 3.63) is 88.5 Å². The van der Waals surface area contributed by atoms with Gasteiger partial charge in [0.1, 0.15) is 15.6 Å². The molecule has 1 fully saturated rings. The van der Waals surface area contributed by atoms with Crippen molar-refractivity contribution in [3.8, 4) is 16.9 Å². The number of carbonyl (C=O) groups is 1. The predicted molar refractivity (Wildman–Crippen MR) is 143 cm³/mol. The van der Waals surface area contributed by atoms with E-state index in [2.05, 4.69) is 54.6 Å². The molecule has 0 heterocycles. The number of sulfone groups is 1. The van der Waals surface area contributed by atoms with Crippen LogP contribution in [0.15, 0.2) is 60.7 Å². The van der Waals surface area contributed by atoms with Crippen LogP contribution < -0.4 is 39.4 Å². The van der Waals surface area contributed by atoms with Gasteiger partial charge in [0, 0.05) is 18.1 Å². The summed E-state index contributed by atoms with van der Waals surface area (Å²) in [6.07, 6.45) is 7.43. The molecule has 3 aromatic carbocycles. The summed E-state index contributed by atoms with van der Waals surface area (Å²) >= 11 is 0. The van der Waals surface area contributed by atoms with Crippen LogP contribution in [0.1, 0.15) is 53.0 Å². The van der Waals surface area contributed by atoms with E-state index in [0.717, 1.165) is 43.4 Å². The number of ether oxygens (including phenoxy) is 1. The second-order valence-electron chi connectivity index (χ2n) is 10.5. The molecule has 3 aromatic rings. The number of hydrogen-bond acceptors (Lipinski definition) is 5. The molecule has 1 saturated carbocycles.